The Morgan fingerprint density at radius 1 is 1.00 bits per heavy atom. The van der Waals surface area contributed by atoms with Crippen LogP contribution < -0.4 is 4.72 Å². The highest BCUT2D eigenvalue weighted by Gasteiger charge is 2.28. The van der Waals surface area contributed by atoms with Crippen LogP contribution in [0.4, 0.5) is 5.69 Å². The first-order valence-corrected chi connectivity index (χ1v) is 11.1. The van der Waals surface area contributed by atoms with E-state index in [0.29, 0.717) is 22.4 Å². The molecule has 144 valence electrons. The van der Waals surface area contributed by atoms with Crippen LogP contribution in [0, 0.1) is 0 Å². The van der Waals surface area contributed by atoms with Crippen LogP contribution in [0.1, 0.15) is 42.9 Å². The predicted molar refractivity (Wildman–Crippen MR) is 105 cm³/mol. The third kappa shape index (κ3) is 3.28. The van der Waals surface area contributed by atoms with E-state index >= 15 is 0 Å². The zero-order valence-corrected chi connectivity index (χ0v) is 16.2. The van der Waals surface area contributed by atoms with Crippen molar-refractivity contribution in [3.05, 3.63) is 53.6 Å². The summed E-state index contributed by atoms with van der Waals surface area (Å²) in [4.78, 5) is 0.307. The zero-order valence-electron chi connectivity index (χ0n) is 15.4. The topological polar surface area (TPSA) is 89.8 Å². The maximum Gasteiger partial charge on any atom is 0.261 e. The third-order valence-corrected chi connectivity index (χ3v) is 6.77. The Balaban J connectivity index is 1.43. The van der Waals surface area contributed by atoms with Crippen LogP contribution in [-0.2, 0) is 22.9 Å². The zero-order chi connectivity index (χ0) is 19.1. The number of nitrogens with one attached hydrogen (secondary N) is 1. The summed E-state index contributed by atoms with van der Waals surface area (Å²) in [5.41, 5.74) is 3.70. The average molecular weight is 395 g/mol. The van der Waals surface area contributed by atoms with Gasteiger partial charge in [-0.3, -0.25) is 4.72 Å². The Hall–Kier alpha value is -2.74. The lowest BCUT2D eigenvalue weighted by Gasteiger charge is -2.17. The van der Waals surface area contributed by atoms with Crippen LogP contribution >= 0.6 is 0 Å². The SMILES string of the molecule is O=S(=O)(Nc1cccc(-c2nnnn2C2CC2)c1)c1ccc2c(c1)CCCC2. The molecule has 8 heteroatoms. The fourth-order valence-electron chi connectivity index (χ4n) is 3.76. The van der Waals surface area contributed by atoms with Crippen LogP contribution in [0.5, 0.6) is 0 Å². The van der Waals surface area contributed by atoms with Gasteiger partial charge in [0.2, 0.25) is 0 Å². The van der Waals surface area contributed by atoms with E-state index < -0.39 is 10.0 Å². The molecular formula is C20H21N5O2S. The molecule has 1 fully saturated rings. The van der Waals surface area contributed by atoms with E-state index in [0.717, 1.165) is 43.2 Å². The maximum atomic E-state index is 12.9. The van der Waals surface area contributed by atoms with Crippen LogP contribution in [0.25, 0.3) is 11.4 Å². The van der Waals surface area contributed by atoms with Crippen molar-refractivity contribution in [3.63, 3.8) is 0 Å². The van der Waals surface area contributed by atoms with Crippen LogP contribution in [-0.4, -0.2) is 28.6 Å². The molecule has 3 aromatic rings. The van der Waals surface area contributed by atoms with Gasteiger partial charge < -0.3 is 0 Å². The van der Waals surface area contributed by atoms with Crippen molar-refractivity contribution in [1.82, 2.24) is 20.2 Å². The second-order valence-corrected chi connectivity index (χ2v) is 9.18. The molecular weight excluding hydrogens is 374 g/mol. The van der Waals surface area contributed by atoms with Gasteiger partial charge in [0.1, 0.15) is 0 Å². The summed E-state index contributed by atoms with van der Waals surface area (Å²) >= 11 is 0. The van der Waals surface area contributed by atoms with Crippen molar-refractivity contribution in [3.8, 4) is 11.4 Å². The second kappa shape index (κ2) is 6.70. The minimum atomic E-state index is -3.65. The van der Waals surface area contributed by atoms with Gasteiger partial charge in [-0.05, 0) is 84.3 Å². The number of aromatic nitrogens is 4. The summed E-state index contributed by atoms with van der Waals surface area (Å²) in [7, 11) is -3.65. The molecule has 0 atom stereocenters. The van der Waals surface area contributed by atoms with Crippen molar-refractivity contribution in [2.45, 2.75) is 49.5 Å². The van der Waals surface area contributed by atoms with Gasteiger partial charge in [-0.25, -0.2) is 13.1 Å². The first-order valence-electron chi connectivity index (χ1n) is 9.63. The highest BCUT2D eigenvalue weighted by atomic mass is 32.2. The lowest BCUT2D eigenvalue weighted by molar-refractivity contribution is 0.600. The highest BCUT2D eigenvalue weighted by Crippen LogP contribution is 2.37. The van der Waals surface area contributed by atoms with E-state index in [1.807, 2.05) is 28.9 Å². The van der Waals surface area contributed by atoms with E-state index in [1.54, 1.807) is 18.2 Å². The van der Waals surface area contributed by atoms with Crippen LogP contribution in [0.3, 0.4) is 0 Å². The van der Waals surface area contributed by atoms with Crippen molar-refractivity contribution in [2.75, 3.05) is 4.72 Å². The molecule has 5 rings (SSSR count). The number of hydrogen-bond donors (Lipinski definition) is 1. The van der Waals surface area contributed by atoms with E-state index in [2.05, 4.69) is 20.2 Å². The molecule has 0 aliphatic heterocycles. The summed E-state index contributed by atoms with van der Waals surface area (Å²) in [5.74, 6) is 0.664. The fourth-order valence-corrected chi connectivity index (χ4v) is 4.86. The number of nitrogens with zero attached hydrogens (tertiary/aromatic N) is 4. The Morgan fingerprint density at radius 3 is 2.64 bits per heavy atom. The van der Waals surface area contributed by atoms with Crippen LogP contribution in [0.2, 0.25) is 0 Å². The molecule has 2 aliphatic carbocycles. The van der Waals surface area contributed by atoms with Gasteiger partial charge in [0, 0.05) is 11.3 Å². The quantitative estimate of drug-likeness (QED) is 0.715. The first kappa shape index (κ1) is 17.4. The van der Waals surface area contributed by atoms with Gasteiger partial charge in [0.25, 0.3) is 10.0 Å². The normalized spacial score (nSPS) is 16.6. The van der Waals surface area contributed by atoms with Gasteiger partial charge in [-0.1, -0.05) is 18.2 Å². The molecule has 28 heavy (non-hydrogen) atoms. The molecule has 1 heterocycles. The minimum absolute atomic E-state index is 0.307. The highest BCUT2D eigenvalue weighted by molar-refractivity contribution is 7.92. The summed E-state index contributed by atoms with van der Waals surface area (Å²) in [5, 5.41) is 12.0. The molecule has 2 aliphatic rings. The number of rotatable bonds is 5. The molecule has 0 radical (unpaired) electrons. The number of tetrazole rings is 1. The Labute approximate surface area is 163 Å². The summed E-state index contributed by atoms with van der Waals surface area (Å²) < 4.78 is 30.3. The summed E-state index contributed by atoms with van der Waals surface area (Å²) in [6.45, 7) is 0. The van der Waals surface area contributed by atoms with Crippen molar-refractivity contribution in [2.24, 2.45) is 0 Å². The standard InChI is InChI=1S/C20H21N5O2S/c26-28(27,19-11-8-14-4-1-2-5-15(14)13-19)22-17-7-3-6-16(12-17)20-21-23-24-25(20)18-9-10-18/h3,6-8,11-13,18,22H,1-2,4-5,9-10H2. The fraction of sp³-hybridized carbons (Fsp3) is 0.350. The molecule has 1 aromatic heterocycles. The van der Waals surface area contributed by atoms with Gasteiger partial charge >= 0.3 is 0 Å². The Kier molecular flexibility index (Phi) is 4.16. The summed E-state index contributed by atoms with van der Waals surface area (Å²) in [6, 6.07) is 13.0. The molecule has 7 nitrogen and oxygen atoms in total. The summed E-state index contributed by atoms with van der Waals surface area (Å²) in [6.07, 6.45) is 6.40. The van der Waals surface area contributed by atoms with E-state index in [4.69, 9.17) is 0 Å². The third-order valence-electron chi connectivity index (χ3n) is 5.39. The van der Waals surface area contributed by atoms with E-state index in [1.165, 1.54) is 12.0 Å². The number of fused-ring (bicyclic) bond motifs is 1. The monoisotopic (exact) mass is 395 g/mol. The molecule has 0 saturated heterocycles. The molecule has 0 amide bonds. The van der Waals surface area contributed by atoms with Gasteiger partial charge in [-0.2, -0.15) is 0 Å². The molecule has 0 unspecified atom stereocenters. The second-order valence-electron chi connectivity index (χ2n) is 7.50. The lowest BCUT2D eigenvalue weighted by atomic mass is 9.92. The van der Waals surface area contributed by atoms with Gasteiger partial charge in [0.15, 0.2) is 5.82 Å². The Morgan fingerprint density at radius 2 is 1.82 bits per heavy atom. The van der Waals surface area contributed by atoms with E-state index in [-0.39, 0.29) is 0 Å². The Bertz CT molecular complexity index is 1140. The van der Waals surface area contributed by atoms with Crippen LogP contribution in [0.15, 0.2) is 47.4 Å². The first-order chi connectivity index (χ1) is 13.6. The number of benzene rings is 2. The van der Waals surface area contributed by atoms with Gasteiger partial charge in [0.05, 0.1) is 10.9 Å². The molecule has 2 aromatic carbocycles. The van der Waals surface area contributed by atoms with Crippen molar-refractivity contribution >= 4 is 15.7 Å². The van der Waals surface area contributed by atoms with Gasteiger partial charge in [-0.15, -0.1) is 5.10 Å². The largest absolute Gasteiger partial charge is 0.280 e. The van der Waals surface area contributed by atoms with Crippen molar-refractivity contribution < 1.29 is 8.42 Å². The number of anilines is 1. The smallest absolute Gasteiger partial charge is 0.261 e. The molecule has 0 spiro atoms. The maximum absolute atomic E-state index is 12.9. The number of hydrogen-bond acceptors (Lipinski definition) is 5. The van der Waals surface area contributed by atoms with Crippen molar-refractivity contribution in [1.29, 1.82) is 0 Å². The number of sulfonamides is 1. The molecule has 0 bridgehead atoms. The molecule has 1 N–H and O–H groups in total. The number of aryl methyl sites for hydroxylation is 2. The lowest BCUT2D eigenvalue weighted by Crippen LogP contribution is -2.14. The minimum Gasteiger partial charge on any atom is -0.280 e. The average Bonchev–Trinajstić information content (AvgIpc) is 3.43. The predicted octanol–water partition coefficient (Wildman–Crippen LogP) is 3.35. The molecule has 1 saturated carbocycles. The van der Waals surface area contributed by atoms with E-state index in [9.17, 15) is 8.42 Å².